The molecule has 1 saturated heterocycles. The molecular weight excluding hydrogens is 256 g/mol. The van der Waals surface area contributed by atoms with Crippen molar-refractivity contribution in [3.8, 4) is 0 Å². The third-order valence-electron chi connectivity index (χ3n) is 4.54. The van der Waals surface area contributed by atoms with E-state index in [2.05, 4.69) is 22.5 Å². The molecule has 1 spiro atoms. The minimum Gasteiger partial charge on any atom is -0.350 e. The Morgan fingerprint density at radius 1 is 1.35 bits per heavy atom. The standard InChI is InChI=1S/C14H26N4O2/c1-4-18-7-11(14(8-18)5-6-14)17-13(20)10(3)16-12(19)9(2)15/h9-11H,4-8,15H2,1-3H3,(H,16,19)(H,17,20)/t9-,10-,11-/m0/s1. The minimum atomic E-state index is -0.595. The second-order valence-corrected chi connectivity index (χ2v) is 6.27. The van der Waals surface area contributed by atoms with Crippen molar-refractivity contribution in [2.45, 2.75) is 51.7 Å². The number of hydrogen-bond donors (Lipinski definition) is 3. The average molecular weight is 282 g/mol. The van der Waals surface area contributed by atoms with Gasteiger partial charge in [-0.15, -0.1) is 0 Å². The Hall–Kier alpha value is -1.14. The number of nitrogens with one attached hydrogen (secondary N) is 2. The molecule has 2 amide bonds. The largest absolute Gasteiger partial charge is 0.350 e. The molecule has 1 saturated carbocycles. The molecule has 6 nitrogen and oxygen atoms in total. The number of nitrogens with zero attached hydrogens (tertiary/aromatic N) is 1. The van der Waals surface area contributed by atoms with E-state index in [4.69, 9.17) is 5.73 Å². The van der Waals surface area contributed by atoms with Crippen LogP contribution in [0.15, 0.2) is 0 Å². The van der Waals surface area contributed by atoms with Crippen LogP contribution in [0.1, 0.15) is 33.6 Å². The Kier molecular flexibility index (Phi) is 4.34. The van der Waals surface area contributed by atoms with Crippen molar-refractivity contribution >= 4 is 11.8 Å². The van der Waals surface area contributed by atoms with Gasteiger partial charge in [0, 0.05) is 24.5 Å². The highest BCUT2D eigenvalue weighted by molar-refractivity contribution is 5.89. The maximum atomic E-state index is 12.2. The number of carbonyl (C=O) groups is 2. The number of rotatable bonds is 5. The molecule has 6 heteroatoms. The van der Waals surface area contributed by atoms with Crippen LogP contribution >= 0.6 is 0 Å². The van der Waals surface area contributed by atoms with Crippen LogP contribution in [0.5, 0.6) is 0 Å². The highest BCUT2D eigenvalue weighted by atomic mass is 16.2. The van der Waals surface area contributed by atoms with Gasteiger partial charge in [-0.2, -0.15) is 0 Å². The van der Waals surface area contributed by atoms with Crippen LogP contribution in [0.2, 0.25) is 0 Å². The van der Waals surface area contributed by atoms with Crippen LogP contribution in [-0.2, 0) is 9.59 Å². The minimum absolute atomic E-state index is 0.117. The Balaban J connectivity index is 1.87. The van der Waals surface area contributed by atoms with Crippen LogP contribution in [0.25, 0.3) is 0 Å². The van der Waals surface area contributed by atoms with Crippen LogP contribution in [0.4, 0.5) is 0 Å². The Bertz CT molecular complexity index is 393. The zero-order valence-corrected chi connectivity index (χ0v) is 12.6. The van der Waals surface area contributed by atoms with Gasteiger partial charge in [-0.05, 0) is 33.2 Å². The van der Waals surface area contributed by atoms with Gasteiger partial charge < -0.3 is 21.3 Å². The summed E-state index contributed by atoms with van der Waals surface area (Å²) in [5, 5.41) is 5.74. The topological polar surface area (TPSA) is 87.5 Å². The van der Waals surface area contributed by atoms with E-state index in [-0.39, 0.29) is 23.3 Å². The van der Waals surface area contributed by atoms with E-state index in [0.717, 1.165) is 19.6 Å². The van der Waals surface area contributed by atoms with Crippen LogP contribution in [0, 0.1) is 5.41 Å². The van der Waals surface area contributed by atoms with Crippen molar-refractivity contribution in [2.75, 3.05) is 19.6 Å². The van der Waals surface area contributed by atoms with Gasteiger partial charge in [-0.1, -0.05) is 6.92 Å². The molecule has 0 aromatic carbocycles. The van der Waals surface area contributed by atoms with Crippen molar-refractivity contribution in [2.24, 2.45) is 11.1 Å². The summed E-state index contributed by atoms with van der Waals surface area (Å²) in [4.78, 5) is 26.1. The number of nitrogens with two attached hydrogens (primary N) is 1. The van der Waals surface area contributed by atoms with Crippen molar-refractivity contribution < 1.29 is 9.59 Å². The van der Waals surface area contributed by atoms with Gasteiger partial charge >= 0.3 is 0 Å². The Morgan fingerprint density at radius 3 is 2.50 bits per heavy atom. The van der Waals surface area contributed by atoms with E-state index < -0.39 is 12.1 Å². The first-order valence-corrected chi connectivity index (χ1v) is 7.46. The predicted octanol–water partition coefficient (Wildman–Crippen LogP) is -0.561. The lowest BCUT2D eigenvalue weighted by molar-refractivity contribution is -0.129. The molecule has 2 aliphatic rings. The number of likely N-dealkylation sites (tertiary alicyclic amines) is 1. The molecule has 2 rings (SSSR count). The lowest BCUT2D eigenvalue weighted by atomic mass is 10.0. The number of likely N-dealkylation sites (N-methyl/N-ethyl adjacent to an activating group) is 1. The average Bonchev–Trinajstić information content (AvgIpc) is 3.08. The first-order chi connectivity index (χ1) is 9.38. The Morgan fingerprint density at radius 2 is 2.00 bits per heavy atom. The van der Waals surface area contributed by atoms with Crippen molar-refractivity contribution in [1.29, 1.82) is 0 Å². The van der Waals surface area contributed by atoms with Crippen molar-refractivity contribution in [3.63, 3.8) is 0 Å². The molecule has 0 unspecified atom stereocenters. The van der Waals surface area contributed by atoms with E-state index in [9.17, 15) is 9.59 Å². The van der Waals surface area contributed by atoms with Gasteiger partial charge in [0.15, 0.2) is 0 Å². The molecular formula is C14H26N4O2. The molecule has 0 radical (unpaired) electrons. The number of hydrogen-bond acceptors (Lipinski definition) is 4. The molecule has 0 aromatic heterocycles. The lowest BCUT2D eigenvalue weighted by Gasteiger charge is -2.22. The molecule has 0 aromatic rings. The third kappa shape index (κ3) is 3.12. The molecule has 1 heterocycles. The first kappa shape index (κ1) is 15.3. The van der Waals surface area contributed by atoms with Gasteiger partial charge in [-0.3, -0.25) is 9.59 Å². The zero-order chi connectivity index (χ0) is 14.9. The van der Waals surface area contributed by atoms with Crippen LogP contribution in [0.3, 0.4) is 0 Å². The first-order valence-electron chi connectivity index (χ1n) is 7.46. The zero-order valence-electron chi connectivity index (χ0n) is 12.6. The van der Waals surface area contributed by atoms with E-state index in [1.807, 2.05) is 0 Å². The van der Waals surface area contributed by atoms with Gasteiger partial charge in [0.25, 0.3) is 0 Å². The SMILES string of the molecule is CCN1C[C@H](NC(=O)[C@H](C)NC(=O)[C@H](C)N)C2(CC2)C1. The van der Waals surface area contributed by atoms with Crippen molar-refractivity contribution in [1.82, 2.24) is 15.5 Å². The summed E-state index contributed by atoms with van der Waals surface area (Å²) in [6.45, 7) is 8.46. The predicted molar refractivity (Wildman–Crippen MR) is 77.0 cm³/mol. The van der Waals surface area contributed by atoms with Crippen molar-refractivity contribution in [3.05, 3.63) is 0 Å². The number of carbonyl (C=O) groups excluding carboxylic acids is 2. The maximum Gasteiger partial charge on any atom is 0.242 e. The monoisotopic (exact) mass is 282 g/mol. The molecule has 3 atom stereocenters. The summed E-state index contributed by atoms with van der Waals surface area (Å²) >= 11 is 0. The molecule has 20 heavy (non-hydrogen) atoms. The quantitative estimate of drug-likeness (QED) is 0.631. The molecule has 1 aliphatic heterocycles. The third-order valence-corrected chi connectivity index (χ3v) is 4.54. The highest BCUT2D eigenvalue weighted by Crippen LogP contribution is 2.52. The lowest BCUT2D eigenvalue weighted by Crippen LogP contribution is -2.53. The van der Waals surface area contributed by atoms with Gasteiger partial charge in [0.05, 0.1) is 6.04 Å². The van der Waals surface area contributed by atoms with E-state index in [1.54, 1.807) is 13.8 Å². The second-order valence-electron chi connectivity index (χ2n) is 6.27. The van der Waals surface area contributed by atoms with E-state index in [1.165, 1.54) is 12.8 Å². The van der Waals surface area contributed by atoms with Gasteiger partial charge in [-0.25, -0.2) is 0 Å². The maximum absolute atomic E-state index is 12.2. The summed E-state index contributed by atoms with van der Waals surface area (Å²) in [6.07, 6.45) is 2.38. The smallest absolute Gasteiger partial charge is 0.242 e. The van der Waals surface area contributed by atoms with Crippen LogP contribution in [-0.4, -0.2) is 54.5 Å². The normalized spacial score (nSPS) is 27.1. The molecule has 0 bridgehead atoms. The van der Waals surface area contributed by atoms with Gasteiger partial charge in [0.1, 0.15) is 6.04 Å². The van der Waals surface area contributed by atoms with Crippen LogP contribution < -0.4 is 16.4 Å². The van der Waals surface area contributed by atoms with E-state index in [0.29, 0.717) is 0 Å². The van der Waals surface area contributed by atoms with E-state index >= 15 is 0 Å². The summed E-state index contributed by atoms with van der Waals surface area (Å²) in [5.74, 6) is -0.413. The molecule has 2 fully saturated rings. The molecule has 1 aliphatic carbocycles. The fourth-order valence-electron chi connectivity index (χ4n) is 2.89. The Labute approximate surface area is 120 Å². The second kappa shape index (κ2) is 5.69. The van der Waals surface area contributed by atoms with Gasteiger partial charge in [0.2, 0.25) is 11.8 Å². The summed E-state index contributed by atoms with van der Waals surface area (Å²) < 4.78 is 0. The summed E-state index contributed by atoms with van der Waals surface area (Å²) in [7, 11) is 0. The molecule has 114 valence electrons. The summed E-state index contributed by atoms with van der Waals surface area (Å²) in [6, 6.07) is -0.924. The summed E-state index contributed by atoms with van der Waals surface area (Å²) in [5.41, 5.74) is 5.78. The molecule has 4 N–H and O–H groups in total. The fourth-order valence-corrected chi connectivity index (χ4v) is 2.89. The highest BCUT2D eigenvalue weighted by Gasteiger charge is 2.55. The fraction of sp³-hybridized carbons (Fsp3) is 0.857. The number of amides is 2.